The maximum absolute atomic E-state index is 13.4. The third-order valence-corrected chi connectivity index (χ3v) is 5.78. The number of hydrogen-bond acceptors (Lipinski definition) is 3. The smallest absolute Gasteiger partial charge is 0.348 e. The van der Waals surface area contributed by atoms with E-state index in [1.807, 2.05) is 0 Å². The second-order valence-electron chi connectivity index (χ2n) is 7.77. The third kappa shape index (κ3) is 4.36. The number of halogens is 3. The molecule has 3 atom stereocenters. The molecule has 0 spiro atoms. The predicted octanol–water partition coefficient (Wildman–Crippen LogP) is 4.11. The number of rotatable bonds is 3. The van der Waals surface area contributed by atoms with Crippen LogP contribution in [0.2, 0.25) is 0 Å². The van der Waals surface area contributed by atoms with Crippen molar-refractivity contribution >= 4 is 5.91 Å². The number of carbonyl (C=O) groups is 1. The molecular formula is C21H24F3N3O2. The molecule has 3 rings (SSSR count). The lowest BCUT2D eigenvalue weighted by Gasteiger charge is -2.34. The fourth-order valence-electron chi connectivity index (χ4n) is 3.87. The van der Waals surface area contributed by atoms with Gasteiger partial charge in [-0.3, -0.25) is 9.59 Å². The monoisotopic (exact) mass is 407 g/mol. The number of aryl methyl sites for hydroxylation is 1. The van der Waals surface area contributed by atoms with Crippen molar-refractivity contribution in [2.75, 3.05) is 0 Å². The van der Waals surface area contributed by atoms with Gasteiger partial charge in [-0.25, -0.2) is 4.68 Å². The number of para-hydroxylation sites is 1. The van der Waals surface area contributed by atoms with Crippen molar-refractivity contribution in [2.45, 2.75) is 52.3 Å². The van der Waals surface area contributed by atoms with E-state index in [1.54, 1.807) is 0 Å². The lowest BCUT2D eigenvalue weighted by Crippen LogP contribution is -2.45. The largest absolute Gasteiger partial charge is 0.418 e. The molecule has 3 unspecified atom stereocenters. The number of hydrogen-bond donors (Lipinski definition) is 1. The molecule has 1 aliphatic carbocycles. The minimum absolute atomic E-state index is 0.0929. The Morgan fingerprint density at radius 2 is 1.90 bits per heavy atom. The summed E-state index contributed by atoms with van der Waals surface area (Å²) in [5, 5.41) is 6.88. The van der Waals surface area contributed by atoms with E-state index >= 15 is 0 Å². The van der Waals surface area contributed by atoms with Gasteiger partial charge in [0.2, 0.25) is 5.43 Å². The Bertz CT molecular complexity index is 968. The molecule has 29 heavy (non-hydrogen) atoms. The molecule has 2 aromatic rings. The van der Waals surface area contributed by atoms with E-state index in [0.717, 1.165) is 36.1 Å². The van der Waals surface area contributed by atoms with Gasteiger partial charge in [0.15, 0.2) is 5.69 Å². The molecule has 156 valence electrons. The van der Waals surface area contributed by atoms with Crippen LogP contribution in [0.4, 0.5) is 13.2 Å². The molecule has 1 amide bonds. The Morgan fingerprint density at radius 1 is 1.21 bits per heavy atom. The standard InChI is InChI=1S/C21H24F3N3O2/c1-12-7-6-9-16(14(12)3)25-20(29)19-18(28)11-13(2)27(26-19)17-10-5-4-8-15(17)21(22,23)24/h4-5,8,10-12,14,16H,6-7,9H2,1-3H3,(H,25,29). The fraction of sp³-hybridized carbons (Fsp3) is 0.476. The Morgan fingerprint density at radius 3 is 2.59 bits per heavy atom. The molecule has 1 fully saturated rings. The van der Waals surface area contributed by atoms with Gasteiger partial charge in [0, 0.05) is 17.8 Å². The van der Waals surface area contributed by atoms with Crippen LogP contribution in [0.5, 0.6) is 0 Å². The summed E-state index contributed by atoms with van der Waals surface area (Å²) >= 11 is 0. The predicted molar refractivity (Wildman–Crippen MR) is 103 cm³/mol. The molecule has 0 saturated heterocycles. The fourth-order valence-corrected chi connectivity index (χ4v) is 3.87. The van der Waals surface area contributed by atoms with Crippen LogP contribution in [0.3, 0.4) is 0 Å². The van der Waals surface area contributed by atoms with Crippen LogP contribution in [0.15, 0.2) is 35.1 Å². The molecule has 1 N–H and O–H groups in total. The highest BCUT2D eigenvalue weighted by Gasteiger charge is 2.34. The number of amides is 1. The summed E-state index contributed by atoms with van der Waals surface area (Å²) in [6.07, 6.45) is -1.74. The SMILES string of the molecule is Cc1cc(=O)c(C(=O)NC2CCCC(C)C2C)nn1-c1ccccc1C(F)(F)F. The van der Waals surface area contributed by atoms with Crippen molar-refractivity contribution < 1.29 is 18.0 Å². The average molecular weight is 407 g/mol. The van der Waals surface area contributed by atoms with Gasteiger partial charge in [-0.1, -0.05) is 38.8 Å². The second-order valence-corrected chi connectivity index (χ2v) is 7.77. The normalized spacial score (nSPS) is 22.3. The second kappa shape index (κ2) is 8.00. The van der Waals surface area contributed by atoms with Crippen molar-refractivity contribution in [3.63, 3.8) is 0 Å². The number of benzene rings is 1. The lowest BCUT2D eigenvalue weighted by molar-refractivity contribution is -0.137. The van der Waals surface area contributed by atoms with Gasteiger partial charge in [-0.15, -0.1) is 0 Å². The average Bonchev–Trinajstić information content (AvgIpc) is 2.65. The topological polar surface area (TPSA) is 64.0 Å². The summed E-state index contributed by atoms with van der Waals surface area (Å²) in [5.74, 6) is 0.0286. The van der Waals surface area contributed by atoms with Crippen molar-refractivity contribution in [1.82, 2.24) is 15.1 Å². The van der Waals surface area contributed by atoms with E-state index in [2.05, 4.69) is 24.3 Å². The van der Waals surface area contributed by atoms with Crippen LogP contribution >= 0.6 is 0 Å². The van der Waals surface area contributed by atoms with Crippen LogP contribution in [0.1, 0.15) is 54.9 Å². The molecule has 0 radical (unpaired) electrons. The van der Waals surface area contributed by atoms with Gasteiger partial charge in [0.1, 0.15) is 0 Å². The molecule has 1 aromatic heterocycles. The maximum Gasteiger partial charge on any atom is 0.418 e. The molecule has 0 bridgehead atoms. The molecule has 1 saturated carbocycles. The summed E-state index contributed by atoms with van der Waals surface area (Å²) in [5.41, 5.74) is -1.93. The molecule has 0 aliphatic heterocycles. The molecule has 1 heterocycles. The molecular weight excluding hydrogens is 383 g/mol. The van der Waals surface area contributed by atoms with Gasteiger partial charge in [-0.2, -0.15) is 18.3 Å². The Hall–Kier alpha value is -2.64. The molecule has 5 nitrogen and oxygen atoms in total. The highest BCUT2D eigenvalue weighted by atomic mass is 19.4. The highest BCUT2D eigenvalue weighted by molar-refractivity contribution is 5.92. The Balaban J connectivity index is 1.99. The van der Waals surface area contributed by atoms with E-state index in [9.17, 15) is 22.8 Å². The van der Waals surface area contributed by atoms with Crippen LogP contribution in [0.25, 0.3) is 5.69 Å². The minimum Gasteiger partial charge on any atom is -0.348 e. The maximum atomic E-state index is 13.4. The number of carbonyl (C=O) groups excluding carboxylic acids is 1. The van der Waals surface area contributed by atoms with Crippen LogP contribution in [0, 0.1) is 18.8 Å². The number of nitrogens with one attached hydrogen (secondary N) is 1. The zero-order valence-electron chi connectivity index (χ0n) is 16.6. The van der Waals surface area contributed by atoms with Gasteiger partial charge in [0.05, 0.1) is 11.3 Å². The number of nitrogens with zero attached hydrogens (tertiary/aromatic N) is 2. The van der Waals surface area contributed by atoms with Crippen LogP contribution in [-0.2, 0) is 6.18 Å². The first-order chi connectivity index (χ1) is 13.6. The van der Waals surface area contributed by atoms with E-state index in [0.29, 0.717) is 5.92 Å². The van der Waals surface area contributed by atoms with E-state index in [1.165, 1.54) is 25.1 Å². The third-order valence-electron chi connectivity index (χ3n) is 5.78. The summed E-state index contributed by atoms with van der Waals surface area (Å²) in [6, 6.07) is 5.99. The van der Waals surface area contributed by atoms with Crippen molar-refractivity contribution in [2.24, 2.45) is 11.8 Å². The molecule has 1 aliphatic rings. The Kier molecular flexibility index (Phi) is 5.82. The zero-order valence-corrected chi connectivity index (χ0v) is 16.6. The first-order valence-electron chi connectivity index (χ1n) is 9.68. The van der Waals surface area contributed by atoms with Gasteiger partial charge in [0.25, 0.3) is 5.91 Å². The first-order valence-corrected chi connectivity index (χ1v) is 9.68. The van der Waals surface area contributed by atoms with Gasteiger partial charge in [-0.05, 0) is 37.3 Å². The van der Waals surface area contributed by atoms with Crippen LogP contribution in [-0.4, -0.2) is 21.7 Å². The highest BCUT2D eigenvalue weighted by Crippen LogP contribution is 2.33. The van der Waals surface area contributed by atoms with Crippen molar-refractivity contribution in [3.05, 3.63) is 57.5 Å². The summed E-state index contributed by atoms with van der Waals surface area (Å²) in [7, 11) is 0. The lowest BCUT2D eigenvalue weighted by atomic mass is 9.78. The Labute approximate surface area is 166 Å². The molecule has 8 heteroatoms. The quantitative estimate of drug-likeness (QED) is 0.833. The summed E-state index contributed by atoms with van der Waals surface area (Å²) in [4.78, 5) is 25.1. The molecule has 1 aromatic carbocycles. The van der Waals surface area contributed by atoms with Crippen molar-refractivity contribution in [1.29, 1.82) is 0 Å². The van der Waals surface area contributed by atoms with Gasteiger partial charge < -0.3 is 5.32 Å². The summed E-state index contributed by atoms with van der Waals surface area (Å²) in [6.45, 7) is 5.65. The van der Waals surface area contributed by atoms with Crippen molar-refractivity contribution in [3.8, 4) is 5.69 Å². The number of alkyl halides is 3. The number of aromatic nitrogens is 2. The summed E-state index contributed by atoms with van der Waals surface area (Å²) < 4.78 is 41.2. The van der Waals surface area contributed by atoms with Gasteiger partial charge >= 0.3 is 6.18 Å². The van der Waals surface area contributed by atoms with E-state index < -0.39 is 28.8 Å². The minimum atomic E-state index is -4.59. The van der Waals surface area contributed by atoms with Crippen LogP contribution < -0.4 is 10.7 Å². The first kappa shape index (κ1) is 21.1. The van der Waals surface area contributed by atoms with E-state index in [-0.39, 0.29) is 23.3 Å². The zero-order chi connectivity index (χ0) is 21.3. The van der Waals surface area contributed by atoms with E-state index in [4.69, 9.17) is 0 Å².